The number of benzene rings is 1. The topological polar surface area (TPSA) is 61.8 Å². The smallest absolute Gasteiger partial charge is 0.191 e. The van der Waals surface area contributed by atoms with E-state index in [4.69, 9.17) is 4.74 Å². The highest BCUT2D eigenvalue weighted by molar-refractivity contribution is 14.0. The van der Waals surface area contributed by atoms with Crippen molar-refractivity contribution in [3.05, 3.63) is 45.4 Å². The van der Waals surface area contributed by atoms with Gasteiger partial charge < -0.3 is 15.4 Å². The van der Waals surface area contributed by atoms with Crippen LogP contribution in [0.2, 0.25) is 0 Å². The van der Waals surface area contributed by atoms with Crippen LogP contribution in [0.25, 0.3) is 0 Å². The predicted octanol–water partition coefficient (Wildman–Crippen LogP) is 4.18. The molecule has 0 aliphatic heterocycles. The molecule has 2 rings (SSSR count). The summed E-state index contributed by atoms with van der Waals surface area (Å²) in [6.45, 7) is 12.1. The monoisotopic (exact) mass is 545 g/mol. The van der Waals surface area contributed by atoms with Crippen LogP contribution >= 0.6 is 35.3 Å². The van der Waals surface area contributed by atoms with Gasteiger partial charge in [0, 0.05) is 31.4 Å². The first-order valence-electron chi connectivity index (χ1n) is 10.3. The third kappa shape index (κ3) is 7.70. The second-order valence-corrected chi connectivity index (χ2v) is 8.18. The molecular weight excluding hydrogens is 509 g/mol. The summed E-state index contributed by atoms with van der Waals surface area (Å²) in [7, 11) is 3.52. The van der Waals surface area contributed by atoms with Gasteiger partial charge in [-0.05, 0) is 44.6 Å². The fourth-order valence-corrected chi connectivity index (χ4v) is 4.25. The van der Waals surface area contributed by atoms with Crippen molar-refractivity contribution in [3.8, 4) is 5.75 Å². The average molecular weight is 546 g/mol. The molecule has 2 aromatic rings. The third-order valence-corrected chi connectivity index (χ3v) is 6.25. The van der Waals surface area contributed by atoms with Gasteiger partial charge in [-0.1, -0.05) is 26.0 Å². The normalized spacial score (nSPS) is 12.4. The number of hydrogen-bond acceptors (Lipinski definition) is 5. The van der Waals surface area contributed by atoms with Gasteiger partial charge in [-0.25, -0.2) is 4.98 Å². The molecule has 1 unspecified atom stereocenters. The summed E-state index contributed by atoms with van der Waals surface area (Å²) >= 11 is 1.77. The van der Waals surface area contributed by atoms with E-state index in [1.807, 2.05) is 13.1 Å². The number of nitrogens with one attached hydrogen (secondary N) is 2. The number of ether oxygens (including phenoxy) is 1. The van der Waals surface area contributed by atoms with E-state index in [1.54, 1.807) is 18.4 Å². The summed E-state index contributed by atoms with van der Waals surface area (Å²) in [6, 6.07) is 8.56. The number of aryl methyl sites for hydroxylation is 2. The van der Waals surface area contributed by atoms with Gasteiger partial charge in [0.15, 0.2) is 5.96 Å². The van der Waals surface area contributed by atoms with Crippen molar-refractivity contribution in [1.29, 1.82) is 0 Å². The fourth-order valence-electron chi connectivity index (χ4n) is 3.32. The van der Waals surface area contributed by atoms with Crippen molar-refractivity contribution in [1.82, 2.24) is 20.5 Å². The molecule has 30 heavy (non-hydrogen) atoms. The van der Waals surface area contributed by atoms with Crippen LogP contribution in [0, 0.1) is 13.8 Å². The number of nitrogens with zero attached hydrogens (tertiary/aromatic N) is 3. The number of likely N-dealkylation sites (N-methyl/N-ethyl adjacent to an activating group) is 1. The Hall–Kier alpha value is -1.39. The summed E-state index contributed by atoms with van der Waals surface area (Å²) in [6.07, 6.45) is 0.898. The number of rotatable bonds is 10. The third-order valence-electron chi connectivity index (χ3n) is 5.12. The van der Waals surface area contributed by atoms with E-state index in [9.17, 15) is 0 Å². The summed E-state index contributed by atoms with van der Waals surface area (Å²) in [5.41, 5.74) is 2.37. The van der Waals surface area contributed by atoms with Crippen molar-refractivity contribution in [3.63, 3.8) is 0 Å². The van der Waals surface area contributed by atoms with Crippen molar-refractivity contribution in [2.75, 3.05) is 40.3 Å². The molecule has 0 aliphatic rings. The minimum atomic E-state index is 0. The van der Waals surface area contributed by atoms with Gasteiger partial charge in [0.1, 0.15) is 5.75 Å². The molecule has 0 aliphatic carbocycles. The maximum Gasteiger partial charge on any atom is 0.191 e. The fraction of sp³-hybridized carbons (Fsp3) is 0.545. The lowest BCUT2D eigenvalue weighted by Gasteiger charge is -2.31. The Morgan fingerprint density at radius 3 is 2.53 bits per heavy atom. The van der Waals surface area contributed by atoms with Crippen LogP contribution in [0.15, 0.2) is 29.3 Å². The Labute approximate surface area is 202 Å². The Kier molecular flexibility index (Phi) is 12.3. The molecular formula is C22H36IN5OS. The Balaban J connectivity index is 0.00000450. The molecule has 0 radical (unpaired) electrons. The van der Waals surface area contributed by atoms with Gasteiger partial charge in [0.05, 0.1) is 23.9 Å². The van der Waals surface area contributed by atoms with Gasteiger partial charge in [-0.2, -0.15) is 0 Å². The van der Waals surface area contributed by atoms with E-state index in [0.29, 0.717) is 0 Å². The van der Waals surface area contributed by atoms with Crippen LogP contribution in [0.5, 0.6) is 5.75 Å². The largest absolute Gasteiger partial charge is 0.497 e. The van der Waals surface area contributed by atoms with Crippen molar-refractivity contribution >= 4 is 41.3 Å². The lowest BCUT2D eigenvalue weighted by molar-refractivity contribution is 0.218. The highest BCUT2D eigenvalue weighted by atomic mass is 127. The molecule has 1 aromatic carbocycles. The van der Waals surface area contributed by atoms with Crippen LogP contribution in [-0.2, 0) is 6.42 Å². The van der Waals surface area contributed by atoms with E-state index in [-0.39, 0.29) is 30.0 Å². The maximum atomic E-state index is 5.42. The molecule has 0 saturated heterocycles. The molecule has 168 valence electrons. The van der Waals surface area contributed by atoms with E-state index in [0.717, 1.165) is 50.0 Å². The lowest BCUT2D eigenvalue weighted by Crippen LogP contribution is -2.43. The van der Waals surface area contributed by atoms with Gasteiger partial charge in [0.25, 0.3) is 0 Å². The first-order chi connectivity index (χ1) is 14.0. The highest BCUT2D eigenvalue weighted by Gasteiger charge is 2.19. The number of hydrogen-bond donors (Lipinski definition) is 2. The van der Waals surface area contributed by atoms with Gasteiger partial charge in [0.2, 0.25) is 0 Å². The van der Waals surface area contributed by atoms with E-state index in [2.05, 4.69) is 71.4 Å². The molecule has 1 heterocycles. The molecule has 2 N–H and O–H groups in total. The van der Waals surface area contributed by atoms with Gasteiger partial charge >= 0.3 is 0 Å². The van der Waals surface area contributed by atoms with E-state index >= 15 is 0 Å². The summed E-state index contributed by atoms with van der Waals surface area (Å²) in [5.74, 6) is 1.70. The number of aliphatic imine (C=N–C) groups is 1. The Bertz CT molecular complexity index is 772. The number of halogens is 1. The van der Waals surface area contributed by atoms with Crippen molar-refractivity contribution in [2.45, 2.75) is 40.2 Å². The maximum absolute atomic E-state index is 5.42. The van der Waals surface area contributed by atoms with Crippen molar-refractivity contribution < 1.29 is 4.74 Å². The van der Waals surface area contributed by atoms with Crippen LogP contribution in [0.3, 0.4) is 0 Å². The summed E-state index contributed by atoms with van der Waals surface area (Å²) in [4.78, 5) is 12.7. The van der Waals surface area contributed by atoms with E-state index in [1.165, 1.54) is 15.4 Å². The molecule has 0 saturated carbocycles. The second-order valence-electron chi connectivity index (χ2n) is 6.89. The zero-order valence-corrected chi connectivity index (χ0v) is 22.1. The zero-order valence-electron chi connectivity index (χ0n) is 19.0. The first kappa shape index (κ1) is 26.6. The minimum Gasteiger partial charge on any atom is -0.497 e. The standard InChI is InChI=1S/C22H35N5OS.HI/c1-7-27(8-2)20(18-10-9-11-19(14-18)28-6)15-25-22(23-5)24-13-12-21-26-16(3)17(4)29-21;/h9-11,14,20H,7-8,12-13,15H2,1-6H3,(H2,23,24,25);1H. The lowest BCUT2D eigenvalue weighted by atomic mass is 10.0. The van der Waals surface area contributed by atoms with Crippen LogP contribution < -0.4 is 15.4 Å². The van der Waals surface area contributed by atoms with E-state index < -0.39 is 0 Å². The Morgan fingerprint density at radius 2 is 1.97 bits per heavy atom. The summed E-state index contributed by atoms with van der Waals surface area (Å²) in [5, 5.41) is 8.08. The Morgan fingerprint density at radius 1 is 1.23 bits per heavy atom. The molecule has 0 amide bonds. The second kappa shape index (κ2) is 13.8. The van der Waals surface area contributed by atoms with Gasteiger partial charge in [-0.3, -0.25) is 9.89 Å². The number of guanidine groups is 1. The number of thiazole rings is 1. The number of aromatic nitrogens is 1. The average Bonchev–Trinajstić information content (AvgIpc) is 3.06. The van der Waals surface area contributed by atoms with Crippen LogP contribution in [0.1, 0.15) is 41.0 Å². The molecule has 1 atom stereocenters. The molecule has 1 aromatic heterocycles. The SMILES string of the molecule is CCN(CC)C(CNC(=NC)NCCc1nc(C)c(C)s1)c1cccc(OC)c1.I. The van der Waals surface area contributed by atoms with Crippen LogP contribution in [0.4, 0.5) is 0 Å². The quantitative estimate of drug-likeness (QED) is 0.267. The van der Waals surface area contributed by atoms with Crippen molar-refractivity contribution in [2.24, 2.45) is 4.99 Å². The zero-order chi connectivity index (χ0) is 21.2. The number of methoxy groups -OCH3 is 1. The molecule has 6 nitrogen and oxygen atoms in total. The van der Waals surface area contributed by atoms with Crippen LogP contribution in [-0.4, -0.2) is 56.2 Å². The summed E-state index contributed by atoms with van der Waals surface area (Å²) < 4.78 is 5.42. The molecule has 0 fully saturated rings. The first-order valence-corrected chi connectivity index (χ1v) is 11.1. The predicted molar refractivity (Wildman–Crippen MR) is 139 cm³/mol. The molecule has 0 bridgehead atoms. The highest BCUT2D eigenvalue weighted by Crippen LogP contribution is 2.23. The molecule has 0 spiro atoms. The minimum absolute atomic E-state index is 0. The van der Waals surface area contributed by atoms with Gasteiger partial charge in [-0.15, -0.1) is 35.3 Å². The molecule has 8 heteroatoms.